The van der Waals surface area contributed by atoms with Gasteiger partial charge in [0.15, 0.2) is 11.6 Å². The smallest absolute Gasteiger partial charge is 0.337 e. The van der Waals surface area contributed by atoms with Gasteiger partial charge in [0.2, 0.25) is 0 Å². The van der Waals surface area contributed by atoms with Gasteiger partial charge in [-0.3, -0.25) is 4.79 Å². The van der Waals surface area contributed by atoms with Crippen molar-refractivity contribution in [2.75, 3.05) is 5.32 Å². The monoisotopic (exact) mass is 279 g/mol. The number of hydrogen-bond donors (Lipinski definition) is 2. The van der Waals surface area contributed by atoms with Crippen LogP contribution in [0.2, 0.25) is 0 Å². The molecule has 0 unspecified atom stereocenters. The Balaban J connectivity index is 2.36. The number of carbonyl (C=O) groups excluding carboxylic acids is 1. The molecule has 0 spiro atoms. The van der Waals surface area contributed by atoms with Crippen molar-refractivity contribution >= 4 is 17.6 Å². The molecule has 0 saturated heterocycles. The second kappa shape index (κ2) is 5.39. The first-order valence-corrected chi connectivity index (χ1v) is 5.29. The van der Waals surface area contributed by atoms with E-state index in [0.29, 0.717) is 12.1 Å². The van der Waals surface area contributed by atoms with Gasteiger partial charge in [0, 0.05) is 6.07 Å². The van der Waals surface area contributed by atoms with Crippen LogP contribution in [0.5, 0.6) is 0 Å². The molecule has 0 aliphatic carbocycles. The first-order chi connectivity index (χ1) is 9.49. The van der Waals surface area contributed by atoms with Gasteiger partial charge in [-0.2, -0.15) is 10.2 Å². The summed E-state index contributed by atoms with van der Waals surface area (Å²) in [6.07, 6.45) is 2.41. The predicted molar refractivity (Wildman–Crippen MR) is 63.3 cm³/mol. The maximum absolute atomic E-state index is 13.1. The fraction of sp³-hybridized carbons (Fsp3) is 0. The Kier molecular flexibility index (Phi) is 3.65. The normalized spacial score (nSPS) is 10.1. The highest BCUT2D eigenvalue weighted by molar-refractivity contribution is 6.07. The Morgan fingerprint density at radius 2 is 1.85 bits per heavy atom. The maximum Gasteiger partial charge on any atom is 0.337 e. The minimum atomic E-state index is -1.49. The van der Waals surface area contributed by atoms with Crippen molar-refractivity contribution in [3.63, 3.8) is 0 Å². The van der Waals surface area contributed by atoms with E-state index < -0.39 is 29.1 Å². The van der Waals surface area contributed by atoms with Crippen LogP contribution in [0.4, 0.5) is 14.5 Å². The van der Waals surface area contributed by atoms with E-state index in [2.05, 4.69) is 15.5 Å². The molecule has 102 valence electrons. The van der Waals surface area contributed by atoms with Crippen LogP contribution in [0.3, 0.4) is 0 Å². The van der Waals surface area contributed by atoms with Crippen LogP contribution < -0.4 is 5.32 Å². The van der Waals surface area contributed by atoms with E-state index in [1.165, 1.54) is 12.3 Å². The number of aromatic carboxylic acids is 1. The van der Waals surface area contributed by atoms with E-state index in [9.17, 15) is 18.4 Å². The lowest BCUT2D eigenvalue weighted by Crippen LogP contribution is -2.16. The van der Waals surface area contributed by atoms with Crippen LogP contribution in [0.25, 0.3) is 0 Å². The number of halogens is 2. The van der Waals surface area contributed by atoms with Crippen LogP contribution in [-0.4, -0.2) is 27.2 Å². The molecule has 0 bridgehead atoms. The molecule has 8 heteroatoms. The van der Waals surface area contributed by atoms with E-state index in [1.54, 1.807) is 0 Å². The molecule has 1 heterocycles. The van der Waals surface area contributed by atoms with Crippen molar-refractivity contribution in [2.24, 2.45) is 0 Å². The summed E-state index contributed by atoms with van der Waals surface area (Å²) in [4.78, 5) is 22.7. The molecular weight excluding hydrogens is 272 g/mol. The van der Waals surface area contributed by atoms with Gasteiger partial charge < -0.3 is 10.4 Å². The van der Waals surface area contributed by atoms with E-state index in [1.807, 2.05) is 0 Å². The third-order valence-electron chi connectivity index (χ3n) is 2.39. The third-order valence-corrected chi connectivity index (χ3v) is 2.39. The van der Waals surface area contributed by atoms with Gasteiger partial charge in [-0.25, -0.2) is 13.6 Å². The van der Waals surface area contributed by atoms with E-state index in [4.69, 9.17) is 5.11 Å². The number of anilines is 1. The van der Waals surface area contributed by atoms with Gasteiger partial charge in [0.05, 0.1) is 29.2 Å². The average Bonchev–Trinajstić information content (AvgIpc) is 2.43. The van der Waals surface area contributed by atoms with Crippen molar-refractivity contribution < 1.29 is 23.5 Å². The lowest BCUT2D eigenvalue weighted by atomic mass is 10.1. The number of nitrogens with one attached hydrogen (secondary N) is 1. The molecule has 6 nitrogen and oxygen atoms in total. The van der Waals surface area contributed by atoms with Crippen molar-refractivity contribution in [3.8, 4) is 0 Å². The molecule has 1 amide bonds. The van der Waals surface area contributed by atoms with Gasteiger partial charge in [-0.15, -0.1) is 0 Å². The first kappa shape index (κ1) is 13.5. The molecule has 2 aromatic rings. The Hall–Kier alpha value is -2.90. The minimum Gasteiger partial charge on any atom is -0.478 e. The number of benzene rings is 1. The minimum absolute atomic E-state index is 0.0982. The topological polar surface area (TPSA) is 92.2 Å². The summed E-state index contributed by atoms with van der Waals surface area (Å²) in [6, 6.07) is 2.44. The lowest BCUT2D eigenvalue weighted by Gasteiger charge is -2.08. The van der Waals surface area contributed by atoms with Gasteiger partial charge in [0.1, 0.15) is 0 Å². The van der Waals surface area contributed by atoms with Crippen LogP contribution in [0.15, 0.2) is 30.6 Å². The summed E-state index contributed by atoms with van der Waals surface area (Å²) in [5.41, 5.74) is -0.807. The molecule has 0 fully saturated rings. The zero-order chi connectivity index (χ0) is 14.7. The summed E-state index contributed by atoms with van der Waals surface area (Å²) in [6.45, 7) is 0. The molecule has 0 atom stereocenters. The van der Waals surface area contributed by atoms with E-state index >= 15 is 0 Å². The number of rotatable bonds is 3. The molecule has 1 aromatic heterocycles. The number of carboxylic acids is 1. The van der Waals surface area contributed by atoms with Gasteiger partial charge in [-0.1, -0.05) is 0 Å². The summed E-state index contributed by atoms with van der Waals surface area (Å²) in [7, 11) is 0. The molecule has 0 saturated carbocycles. The molecule has 1 aromatic carbocycles. The Bertz CT molecular complexity index is 677. The highest BCUT2D eigenvalue weighted by Gasteiger charge is 2.17. The van der Waals surface area contributed by atoms with Gasteiger partial charge in [-0.05, 0) is 12.1 Å². The van der Waals surface area contributed by atoms with Crippen molar-refractivity contribution in [1.29, 1.82) is 0 Å². The predicted octanol–water partition coefficient (Wildman–Crippen LogP) is 1.71. The van der Waals surface area contributed by atoms with E-state index in [0.717, 1.165) is 6.20 Å². The van der Waals surface area contributed by atoms with Crippen molar-refractivity contribution in [2.45, 2.75) is 0 Å². The molecule has 0 aliphatic heterocycles. The van der Waals surface area contributed by atoms with Gasteiger partial charge in [0.25, 0.3) is 5.91 Å². The fourth-order valence-corrected chi connectivity index (χ4v) is 1.45. The number of hydrogen-bond acceptors (Lipinski definition) is 4. The summed E-state index contributed by atoms with van der Waals surface area (Å²) >= 11 is 0. The third kappa shape index (κ3) is 2.74. The first-order valence-electron chi connectivity index (χ1n) is 5.29. The van der Waals surface area contributed by atoms with E-state index in [-0.39, 0.29) is 11.3 Å². The molecule has 0 radical (unpaired) electrons. The Morgan fingerprint density at radius 1 is 1.15 bits per heavy atom. The van der Waals surface area contributed by atoms with Crippen LogP contribution >= 0.6 is 0 Å². The highest BCUT2D eigenvalue weighted by Crippen LogP contribution is 2.20. The number of carboxylic acid groups (broad SMARTS) is 1. The summed E-state index contributed by atoms with van der Waals surface area (Å²) in [5.74, 6) is -4.79. The molecule has 20 heavy (non-hydrogen) atoms. The average molecular weight is 279 g/mol. The second-order valence-corrected chi connectivity index (χ2v) is 3.70. The zero-order valence-electron chi connectivity index (χ0n) is 9.80. The number of aromatic nitrogens is 2. The van der Waals surface area contributed by atoms with Crippen LogP contribution in [0.1, 0.15) is 20.7 Å². The number of carbonyl (C=O) groups is 2. The highest BCUT2D eigenvalue weighted by atomic mass is 19.2. The quantitative estimate of drug-likeness (QED) is 0.892. The molecular formula is C12H7F2N3O3. The molecule has 2 N–H and O–H groups in total. The fourth-order valence-electron chi connectivity index (χ4n) is 1.45. The van der Waals surface area contributed by atoms with Gasteiger partial charge >= 0.3 is 5.97 Å². The second-order valence-electron chi connectivity index (χ2n) is 3.70. The summed E-state index contributed by atoms with van der Waals surface area (Å²) in [5, 5.41) is 18.0. The lowest BCUT2D eigenvalue weighted by molar-refractivity contribution is 0.0697. The molecule has 2 rings (SSSR count). The molecule has 0 aliphatic rings. The maximum atomic E-state index is 13.1. The number of nitrogens with zero attached hydrogens (tertiary/aromatic N) is 2. The standard InChI is InChI=1S/C12H7F2N3O3/c13-8-3-7(12(19)20)10(4-9(8)14)17-11(18)6-1-2-15-16-5-6/h1-5H,(H,17,18)(H,19,20). The summed E-state index contributed by atoms with van der Waals surface area (Å²) < 4.78 is 26.1. The van der Waals surface area contributed by atoms with Crippen LogP contribution in [0, 0.1) is 11.6 Å². The SMILES string of the molecule is O=C(Nc1cc(F)c(F)cc1C(=O)O)c1ccnnc1. The Morgan fingerprint density at radius 3 is 2.45 bits per heavy atom. The number of amides is 1. The zero-order valence-corrected chi connectivity index (χ0v) is 9.80. The van der Waals surface area contributed by atoms with Crippen molar-refractivity contribution in [1.82, 2.24) is 10.2 Å². The van der Waals surface area contributed by atoms with Crippen molar-refractivity contribution in [3.05, 3.63) is 53.4 Å². The van der Waals surface area contributed by atoms with Crippen LogP contribution in [-0.2, 0) is 0 Å². The largest absolute Gasteiger partial charge is 0.478 e. The Labute approximate surface area is 111 Å².